The van der Waals surface area contributed by atoms with Crippen molar-refractivity contribution in [2.75, 3.05) is 0 Å². The average molecular weight is 324 g/mol. The third-order valence-corrected chi connectivity index (χ3v) is 3.07. The van der Waals surface area contributed by atoms with Gasteiger partial charge in [0.25, 0.3) is 0 Å². The van der Waals surface area contributed by atoms with Crippen molar-refractivity contribution in [2.45, 2.75) is 19.4 Å². The van der Waals surface area contributed by atoms with Crippen LogP contribution in [-0.4, -0.2) is 6.04 Å². The van der Waals surface area contributed by atoms with Crippen molar-refractivity contribution >= 4 is 15.9 Å². The molecule has 2 N–H and O–H groups in total. The van der Waals surface area contributed by atoms with Gasteiger partial charge in [-0.1, -0.05) is 28.1 Å². The Bertz CT molecular complexity index is 572. The van der Waals surface area contributed by atoms with Crippen molar-refractivity contribution in [1.29, 1.82) is 0 Å². The molecule has 0 aliphatic heterocycles. The number of hydrogen-bond donors (Lipinski definition) is 1. The van der Waals surface area contributed by atoms with Crippen LogP contribution in [-0.2, 0) is 6.42 Å². The predicted octanol–water partition coefficient (Wildman–Crippen LogP) is 4.27. The van der Waals surface area contributed by atoms with Crippen LogP contribution >= 0.6 is 15.9 Å². The lowest BCUT2D eigenvalue weighted by molar-refractivity contribution is 0.441. The van der Waals surface area contributed by atoms with E-state index in [1.165, 1.54) is 6.07 Å². The first-order chi connectivity index (χ1) is 9.04. The summed E-state index contributed by atoms with van der Waals surface area (Å²) in [4.78, 5) is 0. The molecule has 4 heteroatoms. The Morgan fingerprint density at radius 2 is 2.05 bits per heavy atom. The quantitative estimate of drug-likeness (QED) is 0.911. The van der Waals surface area contributed by atoms with Gasteiger partial charge in [0.15, 0.2) is 11.6 Å². The largest absolute Gasteiger partial charge is 0.454 e. The Morgan fingerprint density at radius 1 is 1.26 bits per heavy atom. The van der Waals surface area contributed by atoms with Gasteiger partial charge in [-0.3, -0.25) is 0 Å². The monoisotopic (exact) mass is 323 g/mol. The third-order valence-electron chi connectivity index (χ3n) is 2.58. The molecule has 19 heavy (non-hydrogen) atoms. The Balaban J connectivity index is 2.18. The van der Waals surface area contributed by atoms with Crippen LogP contribution < -0.4 is 10.5 Å². The van der Waals surface area contributed by atoms with Gasteiger partial charge >= 0.3 is 0 Å². The molecule has 0 saturated heterocycles. The van der Waals surface area contributed by atoms with E-state index in [2.05, 4.69) is 15.9 Å². The summed E-state index contributed by atoms with van der Waals surface area (Å²) < 4.78 is 19.9. The van der Waals surface area contributed by atoms with Crippen LogP contribution in [0, 0.1) is 5.82 Å². The lowest BCUT2D eigenvalue weighted by Crippen LogP contribution is -2.17. The molecule has 0 aliphatic rings. The van der Waals surface area contributed by atoms with Crippen molar-refractivity contribution in [2.24, 2.45) is 5.73 Å². The average Bonchev–Trinajstić information content (AvgIpc) is 2.32. The standard InChI is InChI=1S/C15H15BrFNO/c1-10(18)7-11-3-2-4-13(8-11)19-15-6-5-12(16)9-14(15)17/h2-6,8-10H,7,18H2,1H3. The van der Waals surface area contributed by atoms with Crippen molar-refractivity contribution < 1.29 is 9.13 Å². The third kappa shape index (κ3) is 4.04. The summed E-state index contributed by atoms with van der Waals surface area (Å²) in [5.74, 6) is 0.424. The van der Waals surface area contributed by atoms with E-state index in [0.29, 0.717) is 10.2 Å². The highest BCUT2D eigenvalue weighted by atomic mass is 79.9. The minimum Gasteiger partial charge on any atom is -0.454 e. The normalized spacial score (nSPS) is 12.2. The molecule has 0 saturated carbocycles. The number of rotatable bonds is 4. The molecule has 2 rings (SSSR count). The van der Waals surface area contributed by atoms with Crippen molar-refractivity contribution in [3.8, 4) is 11.5 Å². The van der Waals surface area contributed by atoms with Crippen LogP contribution in [0.5, 0.6) is 11.5 Å². The van der Waals surface area contributed by atoms with Gasteiger partial charge in [-0.2, -0.15) is 0 Å². The number of nitrogens with two attached hydrogens (primary N) is 1. The summed E-state index contributed by atoms with van der Waals surface area (Å²) in [5, 5.41) is 0. The lowest BCUT2D eigenvalue weighted by Gasteiger charge is -2.10. The molecule has 0 heterocycles. The summed E-state index contributed by atoms with van der Waals surface area (Å²) in [6, 6.07) is 12.3. The molecule has 0 aromatic heterocycles. The van der Waals surface area contributed by atoms with Crippen LogP contribution in [0.3, 0.4) is 0 Å². The zero-order valence-electron chi connectivity index (χ0n) is 10.6. The van der Waals surface area contributed by atoms with Crippen molar-refractivity contribution in [1.82, 2.24) is 0 Å². The van der Waals surface area contributed by atoms with Gasteiger partial charge in [0, 0.05) is 10.5 Å². The zero-order chi connectivity index (χ0) is 13.8. The van der Waals surface area contributed by atoms with E-state index in [-0.39, 0.29) is 11.8 Å². The topological polar surface area (TPSA) is 35.2 Å². The second-order valence-electron chi connectivity index (χ2n) is 4.51. The van der Waals surface area contributed by atoms with Gasteiger partial charge in [0.05, 0.1) is 0 Å². The molecule has 1 atom stereocenters. The Morgan fingerprint density at radius 3 is 2.74 bits per heavy atom. The van der Waals surface area contributed by atoms with Gasteiger partial charge < -0.3 is 10.5 Å². The highest BCUT2D eigenvalue weighted by molar-refractivity contribution is 9.10. The maximum atomic E-state index is 13.7. The Kier molecular flexibility index (Phi) is 4.56. The van der Waals surface area contributed by atoms with Crippen molar-refractivity contribution in [3.63, 3.8) is 0 Å². The van der Waals surface area contributed by atoms with Crippen LogP contribution in [0.1, 0.15) is 12.5 Å². The van der Waals surface area contributed by atoms with Gasteiger partial charge in [-0.25, -0.2) is 4.39 Å². The molecule has 0 spiro atoms. The van der Waals surface area contributed by atoms with E-state index in [0.717, 1.165) is 12.0 Å². The molecule has 0 radical (unpaired) electrons. The van der Waals surface area contributed by atoms with E-state index >= 15 is 0 Å². The second kappa shape index (κ2) is 6.17. The highest BCUT2D eigenvalue weighted by Gasteiger charge is 2.06. The Labute approximate surface area is 120 Å². The van der Waals surface area contributed by atoms with Gasteiger partial charge in [0.1, 0.15) is 5.75 Å². The molecular formula is C15H15BrFNO. The first-order valence-electron chi connectivity index (χ1n) is 6.02. The van der Waals surface area contributed by atoms with E-state index in [1.54, 1.807) is 18.2 Å². The van der Waals surface area contributed by atoms with Gasteiger partial charge in [0.2, 0.25) is 0 Å². The molecule has 2 aromatic carbocycles. The fraction of sp³-hybridized carbons (Fsp3) is 0.200. The first-order valence-corrected chi connectivity index (χ1v) is 6.81. The van der Waals surface area contributed by atoms with Crippen LogP contribution in [0.25, 0.3) is 0 Å². The molecule has 1 unspecified atom stereocenters. The minimum atomic E-state index is -0.396. The van der Waals surface area contributed by atoms with Crippen LogP contribution in [0.15, 0.2) is 46.9 Å². The molecule has 2 nitrogen and oxygen atoms in total. The van der Waals surface area contributed by atoms with Crippen molar-refractivity contribution in [3.05, 3.63) is 58.3 Å². The molecule has 2 aromatic rings. The SMILES string of the molecule is CC(N)Cc1cccc(Oc2ccc(Br)cc2F)c1. The van der Waals surface area contributed by atoms with E-state index in [4.69, 9.17) is 10.5 Å². The molecule has 100 valence electrons. The van der Waals surface area contributed by atoms with Crippen LogP contribution in [0.4, 0.5) is 4.39 Å². The second-order valence-corrected chi connectivity index (χ2v) is 5.42. The maximum Gasteiger partial charge on any atom is 0.166 e. The van der Waals surface area contributed by atoms with E-state index in [1.807, 2.05) is 25.1 Å². The number of halogens is 2. The lowest BCUT2D eigenvalue weighted by atomic mass is 10.1. The molecule has 0 bridgehead atoms. The summed E-state index contributed by atoms with van der Waals surface area (Å²) in [5.41, 5.74) is 6.84. The summed E-state index contributed by atoms with van der Waals surface area (Å²) >= 11 is 3.21. The zero-order valence-corrected chi connectivity index (χ0v) is 12.2. The summed E-state index contributed by atoms with van der Waals surface area (Å²) in [7, 11) is 0. The van der Waals surface area contributed by atoms with Gasteiger partial charge in [-0.15, -0.1) is 0 Å². The smallest absolute Gasteiger partial charge is 0.166 e. The fourth-order valence-electron chi connectivity index (χ4n) is 1.79. The Hall–Kier alpha value is -1.39. The van der Waals surface area contributed by atoms with E-state index in [9.17, 15) is 4.39 Å². The minimum absolute atomic E-state index is 0.0830. The number of ether oxygens (including phenoxy) is 1. The molecule has 0 amide bonds. The molecule has 0 aliphatic carbocycles. The van der Waals surface area contributed by atoms with Gasteiger partial charge in [-0.05, 0) is 49.2 Å². The predicted molar refractivity (Wildman–Crippen MR) is 78.0 cm³/mol. The maximum absolute atomic E-state index is 13.7. The van der Waals surface area contributed by atoms with Crippen LogP contribution in [0.2, 0.25) is 0 Å². The number of benzene rings is 2. The first kappa shape index (κ1) is 14.0. The summed E-state index contributed by atoms with van der Waals surface area (Å²) in [6.07, 6.45) is 0.764. The molecule has 0 fully saturated rings. The van der Waals surface area contributed by atoms with E-state index < -0.39 is 5.82 Å². The summed E-state index contributed by atoms with van der Waals surface area (Å²) in [6.45, 7) is 1.95. The number of hydrogen-bond acceptors (Lipinski definition) is 2. The molecular weight excluding hydrogens is 309 g/mol. The highest BCUT2D eigenvalue weighted by Crippen LogP contribution is 2.27. The fourth-order valence-corrected chi connectivity index (χ4v) is 2.13.